The lowest BCUT2D eigenvalue weighted by molar-refractivity contribution is -0.127. The van der Waals surface area contributed by atoms with Crippen LogP contribution in [0.5, 0.6) is 0 Å². The summed E-state index contributed by atoms with van der Waals surface area (Å²) in [6.07, 6.45) is 6.80. The van der Waals surface area contributed by atoms with Gasteiger partial charge < -0.3 is 9.69 Å². The Balaban J connectivity index is 2.58. The van der Waals surface area contributed by atoms with Crippen molar-refractivity contribution in [1.29, 1.82) is 0 Å². The maximum Gasteiger partial charge on any atom is 0.253 e. The summed E-state index contributed by atoms with van der Waals surface area (Å²) in [5.74, 6) is -0.0640. The van der Waals surface area contributed by atoms with Crippen molar-refractivity contribution in [3.63, 3.8) is 0 Å². The molecule has 0 aliphatic heterocycles. The standard InChI is InChI=1S/C14H20FNO2/c1-2-9-16(10-3-4-11-17)14(18)12-5-7-13(15)8-6-12/h5-7,11,13H,2-4,8-10H2,1H3. The second-order valence-corrected chi connectivity index (χ2v) is 4.37. The molecule has 1 amide bonds. The van der Waals surface area contributed by atoms with E-state index >= 15 is 0 Å². The van der Waals surface area contributed by atoms with E-state index in [1.165, 1.54) is 6.08 Å². The molecule has 0 aromatic heterocycles. The number of aldehydes is 1. The number of allylic oxidation sites excluding steroid dienone is 2. The number of hydrogen-bond donors (Lipinski definition) is 0. The Morgan fingerprint density at radius 1 is 1.56 bits per heavy atom. The van der Waals surface area contributed by atoms with Crippen molar-refractivity contribution < 1.29 is 14.0 Å². The topological polar surface area (TPSA) is 37.4 Å². The number of halogens is 1. The van der Waals surface area contributed by atoms with Gasteiger partial charge >= 0.3 is 0 Å². The molecular formula is C14H20FNO2. The molecule has 1 rings (SSSR count). The summed E-state index contributed by atoms with van der Waals surface area (Å²) < 4.78 is 12.9. The Morgan fingerprint density at radius 2 is 2.33 bits per heavy atom. The highest BCUT2D eigenvalue weighted by molar-refractivity contribution is 5.96. The third kappa shape index (κ3) is 4.43. The van der Waals surface area contributed by atoms with E-state index in [1.807, 2.05) is 6.92 Å². The lowest BCUT2D eigenvalue weighted by Gasteiger charge is -2.23. The number of nitrogens with zero attached hydrogens (tertiary/aromatic N) is 1. The van der Waals surface area contributed by atoms with Crippen molar-refractivity contribution in [1.82, 2.24) is 4.90 Å². The van der Waals surface area contributed by atoms with Gasteiger partial charge in [0.25, 0.3) is 5.91 Å². The van der Waals surface area contributed by atoms with Gasteiger partial charge in [-0.05, 0) is 18.9 Å². The maximum atomic E-state index is 12.9. The zero-order valence-corrected chi connectivity index (χ0v) is 10.8. The Bertz CT molecular complexity index is 350. The van der Waals surface area contributed by atoms with Crippen molar-refractivity contribution in [2.45, 2.75) is 38.8 Å². The number of carbonyl (C=O) groups is 2. The highest BCUT2D eigenvalue weighted by Crippen LogP contribution is 2.16. The summed E-state index contributed by atoms with van der Waals surface area (Å²) in [6, 6.07) is 0. The first-order valence-electron chi connectivity index (χ1n) is 6.44. The van der Waals surface area contributed by atoms with Crippen LogP contribution in [0.15, 0.2) is 23.8 Å². The fraction of sp³-hybridized carbons (Fsp3) is 0.571. The van der Waals surface area contributed by atoms with Gasteiger partial charge in [-0.1, -0.05) is 19.1 Å². The quantitative estimate of drug-likeness (QED) is 0.516. The van der Waals surface area contributed by atoms with Gasteiger partial charge in [-0.15, -0.1) is 0 Å². The highest BCUT2D eigenvalue weighted by Gasteiger charge is 2.18. The normalized spacial score (nSPS) is 18.3. The predicted octanol–water partition coefficient (Wildman–Crippen LogP) is 2.43. The first kappa shape index (κ1) is 14.6. The van der Waals surface area contributed by atoms with Crippen LogP contribution in [-0.4, -0.2) is 36.4 Å². The molecule has 0 aromatic carbocycles. The molecule has 1 aliphatic rings. The molecule has 0 saturated heterocycles. The van der Waals surface area contributed by atoms with Crippen LogP contribution in [0, 0.1) is 0 Å². The number of amides is 1. The van der Waals surface area contributed by atoms with Crippen molar-refractivity contribution in [2.75, 3.05) is 13.1 Å². The van der Waals surface area contributed by atoms with E-state index in [1.54, 1.807) is 17.1 Å². The number of unbranched alkanes of at least 4 members (excludes halogenated alkanes) is 1. The lowest BCUT2D eigenvalue weighted by atomic mass is 10.0. The molecule has 100 valence electrons. The smallest absolute Gasteiger partial charge is 0.253 e. The molecule has 4 heteroatoms. The molecule has 0 radical (unpaired) electrons. The fourth-order valence-electron chi connectivity index (χ4n) is 1.89. The Kier molecular flexibility index (Phi) is 6.33. The molecule has 3 nitrogen and oxygen atoms in total. The SMILES string of the molecule is CCCN(CCCC=O)C(=O)C1=CCC(F)C=C1. The third-order valence-electron chi connectivity index (χ3n) is 2.83. The zero-order valence-electron chi connectivity index (χ0n) is 10.8. The average Bonchev–Trinajstić information content (AvgIpc) is 2.38. The molecule has 0 bridgehead atoms. The summed E-state index contributed by atoms with van der Waals surface area (Å²) in [4.78, 5) is 24.2. The van der Waals surface area contributed by atoms with Crippen molar-refractivity contribution in [3.8, 4) is 0 Å². The molecule has 0 saturated carbocycles. The minimum Gasteiger partial charge on any atom is -0.339 e. The zero-order chi connectivity index (χ0) is 13.4. The van der Waals surface area contributed by atoms with Gasteiger partial charge in [0.15, 0.2) is 0 Å². The van der Waals surface area contributed by atoms with Crippen LogP contribution >= 0.6 is 0 Å². The monoisotopic (exact) mass is 253 g/mol. The highest BCUT2D eigenvalue weighted by atomic mass is 19.1. The summed E-state index contributed by atoms with van der Waals surface area (Å²) in [5, 5.41) is 0. The van der Waals surface area contributed by atoms with Crippen LogP contribution in [-0.2, 0) is 9.59 Å². The van der Waals surface area contributed by atoms with Crippen molar-refractivity contribution in [3.05, 3.63) is 23.8 Å². The van der Waals surface area contributed by atoms with Gasteiger partial charge in [0.1, 0.15) is 12.5 Å². The molecule has 1 unspecified atom stereocenters. The van der Waals surface area contributed by atoms with Crippen molar-refractivity contribution in [2.24, 2.45) is 0 Å². The fourth-order valence-corrected chi connectivity index (χ4v) is 1.89. The Hall–Kier alpha value is -1.45. The van der Waals surface area contributed by atoms with Crippen LogP contribution in [0.1, 0.15) is 32.6 Å². The van der Waals surface area contributed by atoms with Gasteiger partial charge in [-0.25, -0.2) is 4.39 Å². The van der Waals surface area contributed by atoms with Crippen LogP contribution in [0.3, 0.4) is 0 Å². The van der Waals surface area contributed by atoms with Gasteiger partial charge in [0.2, 0.25) is 0 Å². The first-order chi connectivity index (χ1) is 8.69. The largest absolute Gasteiger partial charge is 0.339 e. The van der Waals surface area contributed by atoms with E-state index < -0.39 is 6.17 Å². The second kappa shape index (κ2) is 7.80. The molecule has 0 heterocycles. The van der Waals surface area contributed by atoms with Crippen LogP contribution in [0.25, 0.3) is 0 Å². The average molecular weight is 253 g/mol. The van der Waals surface area contributed by atoms with E-state index in [9.17, 15) is 14.0 Å². The number of carbonyl (C=O) groups excluding carboxylic acids is 2. The van der Waals surface area contributed by atoms with E-state index in [4.69, 9.17) is 0 Å². The molecule has 0 fully saturated rings. The summed E-state index contributed by atoms with van der Waals surface area (Å²) in [6.45, 7) is 3.25. The molecule has 18 heavy (non-hydrogen) atoms. The van der Waals surface area contributed by atoms with E-state index in [2.05, 4.69) is 0 Å². The third-order valence-corrected chi connectivity index (χ3v) is 2.83. The summed E-state index contributed by atoms with van der Waals surface area (Å²) >= 11 is 0. The first-order valence-corrected chi connectivity index (χ1v) is 6.44. The molecule has 1 aliphatic carbocycles. The molecule has 0 spiro atoms. The molecule has 0 aromatic rings. The number of hydrogen-bond acceptors (Lipinski definition) is 2. The maximum absolute atomic E-state index is 12.9. The van der Waals surface area contributed by atoms with E-state index in [-0.39, 0.29) is 12.3 Å². The minimum absolute atomic E-state index is 0.0640. The lowest BCUT2D eigenvalue weighted by Crippen LogP contribution is -2.34. The number of alkyl halides is 1. The van der Waals surface area contributed by atoms with Gasteiger partial charge in [-0.2, -0.15) is 0 Å². The molecule has 1 atom stereocenters. The van der Waals surface area contributed by atoms with Crippen LogP contribution in [0.4, 0.5) is 4.39 Å². The van der Waals surface area contributed by atoms with Gasteiger partial charge in [0, 0.05) is 31.5 Å². The van der Waals surface area contributed by atoms with Gasteiger partial charge in [0.05, 0.1) is 0 Å². The van der Waals surface area contributed by atoms with E-state index in [0.29, 0.717) is 31.5 Å². The molecule has 0 N–H and O–H groups in total. The van der Waals surface area contributed by atoms with Crippen LogP contribution < -0.4 is 0 Å². The Morgan fingerprint density at radius 3 is 2.89 bits per heavy atom. The molecular weight excluding hydrogens is 233 g/mol. The van der Waals surface area contributed by atoms with Crippen LogP contribution in [0.2, 0.25) is 0 Å². The second-order valence-electron chi connectivity index (χ2n) is 4.37. The number of rotatable bonds is 7. The summed E-state index contributed by atoms with van der Waals surface area (Å²) in [7, 11) is 0. The van der Waals surface area contributed by atoms with Gasteiger partial charge in [-0.3, -0.25) is 4.79 Å². The predicted molar refractivity (Wildman–Crippen MR) is 68.9 cm³/mol. The summed E-state index contributed by atoms with van der Waals surface area (Å²) in [5.41, 5.74) is 0.559. The van der Waals surface area contributed by atoms with Crippen molar-refractivity contribution >= 4 is 12.2 Å². The van der Waals surface area contributed by atoms with E-state index in [0.717, 1.165) is 12.7 Å². The minimum atomic E-state index is -0.976. The Labute approximate surface area is 107 Å².